The second-order valence-corrected chi connectivity index (χ2v) is 7.61. The van der Waals surface area contributed by atoms with Gasteiger partial charge in [0.1, 0.15) is 5.75 Å². The maximum atomic E-state index is 13.2. The first-order valence-corrected chi connectivity index (χ1v) is 10.6. The molecule has 2 heterocycles. The van der Waals surface area contributed by atoms with Gasteiger partial charge in [0.25, 0.3) is 5.91 Å². The molecule has 2 aromatic carbocycles. The van der Waals surface area contributed by atoms with Crippen molar-refractivity contribution >= 4 is 28.5 Å². The molecule has 0 bridgehead atoms. The molecule has 7 heteroatoms. The normalized spacial score (nSPS) is 10.9. The van der Waals surface area contributed by atoms with E-state index < -0.39 is 0 Å². The Balaban J connectivity index is 1.90. The lowest BCUT2D eigenvalue weighted by Crippen LogP contribution is -2.24. The van der Waals surface area contributed by atoms with Crippen LogP contribution in [0.15, 0.2) is 54.6 Å². The number of ether oxygens (including phenoxy) is 1. The third kappa shape index (κ3) is 4.25. The zero-order chi connectivity index (χ0) is 21.8. The highest BCUT2D eigenvalue weighted by Crippen LogP contribution is 2.34. The number of amides is 1. The second-order valence-electron chi connectivity index (χ2n) is 7.17. The molecule has 1 amide bonds. The van der Waals surface area contributed by atoms with Gasteiger partial charge in [0.15, 0.2) is 5.65 Å². The lowest BCUT2D eigenvalue weighted by Gasteiger charge is -2.11. The predicted octanol–water partition coefficient (Wildman–Crippen LogP) is 5.48. The van der Waals surface area contributed by atoms with Gasteiger partial charge in [-0.25, -0.2) is 4.98 Å². The van der Waals surface area contributed by atoms with Crippen LogP contribution in [0.1, 0.15) is 30.1 Å². The Kier molecular flexibility index (Phi) is 6.18. The molecule has 0 saturated carbocycles. The fourth-order valence-electron chi connectivity index (χ4n) is 3.50. The van der Waals surface area contributed by atoms with Crippen LogP contribution in [0.4, 0.5) is 0 Å². The van der Waals surface area contributed by atoms with Gasteiger partial charge in [-0.2, -0.15) is 5.10 Å². The SMILES string of the molecule is CCCCNC(=O)c1cc(-c2ccccc2OC)nc2n[nH]c(-c3ccc(Cl)cc3)c12. The molecule has 0 aliphatic rings. The van der Waals surface area contributed by atoms with Crippen molar-refractivity contribution in [3.63, 3.8) is 0 Å². The average molecular weight is 435 g/mol. The van der Waals surface area contributed by atoms with Crippen molar-refractivity contribution in [1.82, 2.24) is 20.5 Å². The number of para-hydroxylation sites is 1. The molecule has 2 N–H and O–H groups in total. The third-order valence-corrected chi connectivity index (χ3v) is 5.35. The summed E-state index contributed by atoms with van der Waals surface area (Å²) in [7, 11) is 1.61. The molecule has 0 spiro atoms. The molecule has 4 rings (SSSR count). The highest BCUT2D eigenvalue weighted by molar-refractivity contribution is 6.30. The Morgan fingerprint density at radius 2 is 1.94 bits per heavy atom. The number of rotatable bonds is 7. The van der Waals surface area contributed by atoms with E-state index in [1.165, 1.54) is 0 Å². The van der Waals surface area contributed by atoms with Gasteiger partial charge < -0.3 is 10.1 Å². The second kappa shape index (κ2) is 9.18. The molecule has 0 radical (unpaired) electrons. The van der Waals surface area contributed by atoms with Crippen LogP contribution in [0.25, 0.3) is 33.5 Å². The van der Waals surface area contributed by atoms with Crippen molar-refractivity contribution in [2.75, 3.05) is 13.7 Å². The van der Waals surface area contributed by atoms with Crippen LogP contribution in [0, 0.1) is 0 Å². The first-order chi connectivity index (χ1) is 15.1. The number of methoxy groups -OCH3 is 1. The summed E-state index contributed by atoms with van der Waals surface area (Å²) in [6, 6.07) is 16.8. The number of carbonyl (C=O) groups excluding carboxylic acids is 1. The van der Waals surface area contributed by atoms with Crippen molar-refractivity contribution in [1.29, 1.82) is 0 Å². The number of aromatic amines is 1. The van der Waals surface area contributed by atoms with E-state index in [-0.39, 0.29) is 5.91 Å². The van der Waals surface area contributed by atoms with Crippen LogP contribution >= 0.6 is 11.6 Å². The van der Waals surface area contributed by atoms with E-state index in [0.717, 1.165) is 29.7 Å². The van der Waals surface area contributed by atoms with E-state index in [1.807, 2.05) is 36.4 Å². The van der Waals surface area contributed by atoms with Crippen LogP contribution < -0.4 is 10.1 Å². The van der Waals surface area contributed by atoms with E-state index in [9.17, 15) is 4.79 Å². The number of benzene rings is 2. The molecule has 4 aromatic rings. The Labute approximate surface area is 185 Å². The van der Waals surface area contributed by atoms with Gasteiger partial charge in [0.05, 0.1) is 29.4 Å². The van der Waals surface area contributed by atoms with Gasteiger partial charge in [-0.1, -0.05) is 49.2 Å². The molecule has 0 fully saturated rings. The fourth-order valence-corrected chi connectivity index (χ4v) is 3.62. The maximum absolute atomic E-state index is 13.2. The summed E-state index contributed by atoms with van der Waals surface area (Å²) in [5.74, 6) is 0.522. The largest absolute Gasteiger partial charge is 0.496 e. The monoisotopic (exact) mass is 434 g/mol. The molecule has 6 nitrogen and oxygen atoms in total. The fraction of sp³-hybridized carbons (Fsp3) is 0.208. The Morgan fingerprint density at radius 3 is 2.68 bits per heavy atom. The molecule has 0 unspecified atom stereocenters. The van der Waals surface area contributed by atoms with E-state index in [1.54, 1.807) is 25.3 Å². The van der Waals surface area contributed by atoms with Crippen molar-refractivity contribution in [3.8, 4) is 28.3 Å². The zero-order valence-corrected chi connectivity index (χ0v) is 18.2. The molecule has 31 heavy (non-hydrogen) atoms. The topological polar surface area (TPSA) is 79.9 Å². The van der Waals surface area contributed by atoms with Gasteiger partial charge >= 0.3 is 0 Å². The molecule has 0 aliphatic heterocycles. The number of pyridine rings is 1. The van der Waals surface area contributed by atoms with E-state index >= 15 is 0 Å². The van der Waals surface area contributed by atoms with Gasteiger partial charge in [-0.3, -0.25) is 9.89 Å². The summed E-state index contributed by atoms with van der Waals surface area (Å²) in [5, 5.41) is 11.8. The summed E-state index contributed by atoms with van der Waals surface area (Å²) < 4.78 is 5.50. The first-order valence-electron chi connectivity index (χ1n) is 10.2. The van der Waals surface area contributed by atoms with Crippen molar-refractivity contribution in [2.24, 2.45) is 0 Å². The molecular weight excluding hydrogens is 412 g/mol. The van der Waals surface area contributed by atoms with Gasteiger partial charge in [0, 0.05) is 22.7 Å². The summed E-state index contributed by atoms with van der Waals surface area (Å²) in [6.07, 6.45) is 1.91. The van der Waals surface area contributed by atoms with Crippen molar-refractivity contribution < 1.29 is 9.53 Å². The molecular formula is C24H23ClN4O2. The minimum Gasteiger partial charge on any atom is -0.496 e. The van der Waals surface area contributed by atoms with Gasteiger partial charge in [0.2, 0.25) is 0 Å². The van der Waals surface area contributed by atoms with E-state index in [2.05, 4.69) is 22.4 Å². The number of halogens is 1. The minimum absolute atomic E-state index is 0.159. The Bertz CT molecular complexity index is 1220. The lowest BCUT2D eigenvalue weighted by atomic mass is 10.0. The number of aromatic nitrogens is 3. The highest BCUT2D eigenvalue weighted by atomic mass is 35.5. The summed E-state index contributed by atoms with van der Waals surface area (Å²) in [4.78, 5) is 17.9. The molecule has 158 valence electrons. The highest BCUT2D eigenvalue weighted by Gasteiger charge is 2.21. The van der Waals surface area contributed by atoms with E-state index in [4.69, 9.17) is 21.3 Å². The third-order valence-electron chi connectivity index (χ3n) is 5.10. The summed E-state index contributed by atoms with van der Waals surface area (Å²) in [5.41, 5.74) is 4.01. The van der Waals surface area contributed by atoms with Crippen LogP contribution in [0.3, 0.4) is 0 Å². The first kappa shape index (κ1) is 20.9. The molecule has 2 aromatic heterocycles. The smallest absolute Gasteiger partial charge is 0.252 e. The van der Waals surface area contributed by atoms with Crippen LogP contribution in [-0.4, -0.2) is 34.7 Å². The molecule has 0 aliphatic carbocycles. The predicted molar refractivity (Wildman–Crippen MR) is 124 cm³/mol. The molecule has 0 saturated heterocycles. The number of H-pyrrole nitrogens is 1. The standard InChI is InChI=1S/C24H23ClN4O2/c1-3-4-13-26-24(30)18-14-19(17-7-5-6-8-20(17)31-2)27-23-21(18)22(28-29-23)15-9-11-16(25)12-10-15/h5-12,14H,3-4,13H2,1-2H3,(H,26,30)(H,27,28,29). The number of unbranched alkanes of at least 4 members (excludes halogenated alkanes) is 1. The number of carbonyl (C=O) groups is 1. The van der Waals surface area contributed by atoms with Crippen LogP contribution in [0.5, 0.6) is 5.75 Å². The number of nitrogens with one attached hydrogen (secondary N) is 2. The Morgan fingerprint density at radius 1 is 1.16 bits per heavy atom. The van der Waals surface area contributed by atoms with Crippen LogP contribution in [0.2, 0.25) is 5.02 Å². The van der Waals surface area contributed by atoms with Crippen molar-refractivity contribution in [2.45, 2.75) is 19.8 Å². The summed E-state index contributed by atoms with van der Waals surface area (Å²) in [6.45, 7) is 2.70. The lowest BCUT2D eigenvalue weighted by molar-refractivity contribution is 0.0955. The number of fused-ring (bicyclic) bond motifs is 1. The van der Waals surface area contributed by atoms with Gasteiger partial charge in [-0.05, 0) is 36.8 Å². The van der Waals surface area contributed by atoms with Crippen molar-refractivity contribution in [3.05, 3.63) is 65.2 Å². The number of hydrogen-bond acceptors (Lipinski definition) is 4. The number of nitrogens with zero attached hydrogens (tertiary/aromatic N) is 2. The minimum atomic E-state index is -0.159. The average Bonchev–Trinajstić information content (AvgIpc) is 3.23. The quantitative estimate of drug-likeness (QED) is 0.377. The van der Waals surface area contributed by atoms with Gasteiger partial charge in [-0.15, -0.1) is 0 Å². The molecule has 0 atom stereocenters. The maximum Gasteiger partial charge on any atom is 0.252 e. The van der Waals surface area contributed by atoms with E-state index in [0.29, 0.717) is 39.6 Å². The zero-order valence-electron chi connectivity index (χ0n) is 17.4. The summed E-state index contributed by atoms with van der Waals surface area (Å²) >= 11 is 6.05. The number of hydrogen-bond donors (Lipinski definition) is 2. The van der Waals surface area contributed by atoms with Crippen LogP contribution in [-0.2, 0) is 0 Å². The Hall–Kier alpha value is -3.38.